The first-order valence-corrected chi connectivity index (χ1v) is 6.86. The first kappa shape index (κ1) is 14.2. The SMILES string of the molecule is O=C(OCc1ccccc1Cl)c1cccc(-n2cnnn2)c1. The molecule has 0 saturated heterocycles. The quantitative estimate of drug-likeness (QED) is 0.692. The minimum Gasteiger partial charge on any atom is -0.457 e. The smallest absolute Gasteiger partial charge is 0.338 e. The molecule has 0 saturated carbocycles. The highest BCUT2D eigenvalue weighted by atomic mass is 35.5. The number of aromatic nitrogens is 4. The van der Waals surface area contributed by atoms with Gasteiger partial charge in [0, 0.05) is 10.6 Å². The maximum Gasteiger partial charge on any atom is 0.338 e. The van der Waals surface area contributed by atoms with Crippen LogP contribution in [0.3, 0.4) is 0 Å². The molecule has 7 heteroatoms. The van der Waals surface area contributed by atoms with Crippen molar-refractivity contribution in [2.45, 2.75) is 6.61 Å². The van der Waals surface area contributed by atoms with E-state index < -0.39 is 5.97 Å². The first-order valence-electron chi connectivity index (χ1n) is 6.48. The average molecular weight is 315 g/mol. The van der Waals surface area contributed by atoms with Crippen molar-refractivity contribution in [1.82, 2.24) is 20.2 Å². The molecular formula is C15H11ClN4O2. The molecule has 0 aliphatic carbocycles. The summed E-state index contributed by atoms with van der Waals surface area (Å²) in [6.07, 6.45) is 1.45. The van der Waals surface area contributed by atoms with E-state index in [9.17, 15) is 4.79 Å². The van der Waals surface area contributed by atoms with Gasteiger partial charge < -0.3 is 4.74 Å². The number of benzene rings is 2. The number of hydrogen-bond donors (Lipinski definition) is 0. The summed E-state index contributed by atoms with van der Waals surface area (Å²) in [5.74, 6) is -0.435. The molecule has 0 fully saturated rings. The van der Waals surface area contributed by atoms with Crippen LogP contribution in [0.15, 0.2) is 54.9 Å². The molecule has 110 valence electrons. The zero-order chi connectivity index (χ0) is 15.4. The summed E-state index contributed by atoms with van der Waals surface area (Å²) >= 11 is 6.03. The number of rotatable bonds is 4. The third-order valence-electron chi connectivity index (χ3n) is 3.01. The number of tetrazole rings is 1. The Labute approximate surface area is 131 Å². The third kappa shape index (κ3) is 3.12. The van der Waals surface area contributed by atoms with E-state index in [0.717, 1.165) is 5.56 Å². The molecule has 0 N–H and O–H groups in total. The fourth-order valence-corrected chi connectivity index (χ4v) is 2.09. The van der Waals surface area contributed by atoms with Gasteiger partial charge in [0.1, 0.15) is 12.9 Å². The Morgan fingerprint density at radius 2 is 2.05 bits per heavy atom. The second-order valence-electron chi connectivity index (χ2n) is 4.47. The maximum atomic E-state index is 12.1. The molecule has 0 spiro atoms. The van der Waals surface area contributed by atoms with Crippen molar-refractivity contribution in [2.24, 2.45) is 0 Å². The van der Waals surface area contributed by atoms with Crippen LogP contribution in [0.1, 0.15) is 15.9 Å². The van der Waals surface area contributed by atoms with Gasteiger partial charge in [-0.1, -0.05) is 35.9 Å². The standard InChI is InChI=1S/C15H11ClN4O2/c16-14-7-2-1-4-12(14)9-22-15(21)11-5-3-6-13(8-11)20-10-17-18-19-20/h1-8,10H,9H2. The van der Waals surface area contributed by atoms with Crippen molar-refractivity contribution in [1.29, 1.82) is 0 Å². The average Bonchev–Trinajstić information content (AvgIpc) is 3.08. The van der Waals surface area contributed by atoms with Gasteiger partial charge in [0.2, 0.25) is 0 Å². The van der Waals surface area contributed by atoms with Gasteiger partial charge in [-0.15, -0.1) is 5.10 Å². The molecule has 0 atom stereocenters. The summed E-state index contributed by atoms with van der Waals surface area (Å²) in [6.45, 7) is 0.119. The van der Waals surface area contributed by atoms with E-state index in [1.165, 1.54) is 11.0 Å². The molecule has 2 aromatic carbocycles. The molecule has 0 amide bonds. The predicted molar refractivity (Wildman–Crippen MR) is 79.7 cm³/mol. The van der Waals surface area contributed by atoms with Crippen molar-refractivity contribution in [3.63, 3.8) is 0 Å². The number of carbonyl (C=O) groups is 1. The molecule has 22 heavy (non-hydrogen) atoms. The van der Waals surface area contributed by atoms with E-state index >= 15 is 0 Å². The molecule has 3 aromatic rings. The van der Waals surface area contributed by atoms with Crippen molar-refractivity contribution in [2.75, 3.05) is 0 Å². The number of hydrogen-bond acceptors (Lipinski definition) is 5. The highest BCUT2D eigenvalue weighted by molar-refractivity contribution is 6.31. The van der Waals surface area contributed by atoms with Gasteiger partial charge in [0.05, 0.1) is 11.3 Å². The van der Waals surface area contributed by atoms with Crippen LogP contribution in [0.4, 0.5) is 0 Å². The molecule has 1 heterocycles. The van der Waals surface area contributed by atoms with Crippen LogP contribution in [0.25, 0.3) is 5.69 Å². The van der Waals surface area contributed by atoms with Crippen molar-refractivity contribution in [3.05, 3.63) is 71.0 Å². The Balaban J connectivity index is 1.73. The molecule has 0 aliphatic rings. The zero-order valence-corrected chi connectivity index (χ0v) is 12.1. The molecule has 6 nitrogen and oxygen atoms in total. The van der Waals surface area contributed by atoms with Gasteiger partial charge in [-0.3, -0.25) is 0 Å². The minimum absolute atomic E-state index is 0.119. The van der Waals surface area contributed by atoms with Gasteiger partial charge in [-0.2, -0.15) is 0 Å². The molecule has 3 rings (SSSR count). The lowest BCUT2D eigenvalue weighted by atomic mass is 10.2. The molecule has 0 unspecified atom stereocenters. The Kier molecular flexibility index (Phi) is 4.11. The second kappa shape index (κ2) is 6.36. The van der Waals surface area contributed by atoms with Crippen LogP contribution in [0, 0.1) is 0 Å². The predicted octanol–water partition coefficient (Wildman–Crippen LogP) is 2.67. The summed E-state index contributed by atoms with van der Waals surface area (Å²) in [5, 5.41) is 11.5. The number of halogens is 1. The molecule has 0 aliphatic heterocycles. The summed E-state index contributed by atoms with van der Waals surface area (Å²) in [6, 6.07) is 14.1. The number of esters is 1. The summed E-state index contributed by atoms with van der Waals surface area (Å²) in [7, 11) is 0. The topological polar surface area (TPSA) is 69.9 Å². The van der Waals surface area contributed by atoms with E-state index in [1.807, 2.05) is 18.2 Å². The van der Waals surface area contributed by atoms with Crippen LogP contribution in [0.5, 0.6) is 0 Å². The van der Waals surface area contributed by atoms with Gasteiger partial charge >= 0.3 is 5.97 Å². The van der Waals surface area contributed by atoms with Crippen LogP contribution < -0.4 is 0 Å². The van der Waals surface area contributed by atoms with E-state index in [2.05, 4.69) is 15.5 Å². The largest absolute Gasteiger partial charge is 0.457 e. The van der Waals surface area contributed by atoms with Crippen LogP contribution >= 0.6 is 11.6 Å². The summed E-state index contributed by atoms with van der Waals surface area (Å²) < 4.78 is 6.75. The van der Waals surface area contributed by atoms with Crippen LogP contribution in [0.2, 0.25) is 5.02 Å². The molecular weight excluding hydrogens is 304 g/mol. The number of nitrogens with zero attached hydrogens (tertiary/aromatic N) is 4. The lowest BCUT2D eigenvalue weighted by Gasteiger charge is -2.07. The normalized spacial score (nSPS) is 10.4. The fourth-order valence-electron chi connectivity index (χ4n) is 1.90. The Hall–Kier alpha value is -2.73. The maximum absolute atomic E-state index is 12.1. The molecule has 1 aromatic heterocycles. The first-order chi connectivity index (χ1) is 10.7. The van der Waals surface area contributed by atoms with Gasteiger partial charge in [-0.05, 0) is 34.7 Å². The van der Waals surface area contributed by atoms with E-state index in [-0.39, 0.29) is 6.61 Å². The van der Waals surface area contributed by atoms with Crippen LogP contribution in [-0.2, 0) is 11.3 Å². The fraction of sp³-hybridized carbons (Fsp3) is 0.0667. The monoisotopic (exact) mass is 314 g/mol. The zero-order valence-electron chi connectivity index (χ0n) is 11.4. The molecule has 0 radical (unpaired) electrons. The van der Waals surface area contributed by atoms with E-state index in [0.29, 0.717) is 16.3 Å². The number of ether oxygens (including phenoxy) is 1. The van der Waals surface area contributed by atoms with Crippen LogP contribution in [-0.4, -0.2) is 26.2 Å². The lowest BCUT2D eigenvalue weighted by molar-refractivity contribution is 0.0473. The third-order valence-corrected chi connectivity index (χ3v) is 3.38. The Morgan fingerprint density at radius 1 is 1.18 bits per heavy atom. The highest BCUT2D eigenvalue weighted by Crippen LogP contribution is 2.17. The summed E-state index contributed by atoms with van der Waals surface area (Å²) in [5.41, 5.74) is 1.85. The molecule has 0 bridgehead atoms. The Morgan fingerprint density at radius 3 is 2.82 bits per heavy atom. The van der Waals surface area contributed by atoms with E-state index in [4.69, 9.17) is 16.3 Å². The number of carbonyl (C=O) groups excluding carboxylic acids is 1. The van der Waals surface area contributed by atoms with Crippen molar-refractivity contribution >= 4 is 17.6 Å². The van der Waals surface area contributed by atoms with Crippen molar-refractivity contribution in [3.8, 4) is 5.69 Å². The lowest BCUT2D eigenvalue weighted by Crippen LogP contribution is -2.06. The van der Waals surface area contributed by atoms with E-state index in [1.54, 1.807) is 30.3 Å². The second-order valence-corrected chi connectivity index (χ2v) is 4.88. The summed E-state index contributed by atoms with van der Waals surface area (Å²) in [4.78, 5) is 12.1. The minimum atomic E-state index is -0.435. The van der Waals surface area contributed by atoms with Gasteiger partial charge in [-0.25, -0.2) is 9.48 Å². The highest BCUT2D eigenvalue weighted by Gasteiger charge is 2.10. The van der Waals surface area contributed by atoms with Gasteiger partial charge in [0.25, 0.3) is 0 Å². The van der Waals surface area contributed by atoms with Gasteiger partial charge in [0.15, 0.2) is 0 Å². The Bertz CT molecular complexity index is 790. The van der Waals surface area contributed by atoms with Crippen molar-refractivity contribution < 1.29 is 9.53 Å².